The van der Waals surface area contributed by atoms with Gasteiger partial charge in [-0.2, -0.15) is 0 Å². The molecule has 3 aromatic carbocycles. The summed E-state index contributed by atoms with van der Waals surface area (Å²) in [7, 11) is 0. The van der Waals surface area contributed by atoms with Crippen LogP contribution in [0.25, 0.3) is 11.1 Å². The summed E-state index contributed by atoms with van der Waals surface area (Å²) in [5.74, 6) is -1.74. The number of fused-ring (bicyclic) bond motifs is 4. The maximum Gasteiger partial charge on any atom is 0.407 e. The number of nitrogens with zero attached hydrogens (tertiary/aromatic N) is 1. The van der Waals surface area contributed by atoms with Crippen molar-refractivity contribution in [2.24, 2.45) is 0 Å². The molecule has 1 heterocycles. The lowest BCUT2D eigenvalue weighted by Crippen LogP contribution is -2.48. The van der Waals surface area contributed by atoms with E-state index in [1.165, 1.54) is 0 Å². The zero-order valence-electron chi connectivity index (χ0n) is 18.4. The normalized spacial score (nSPS) is 14.6. The number of ether oxygens (including phenoxy) is 1. The van der Waals surface area contributed by atoms with Crippen molar-refractivity contribution in [3.63, 3.8) is 0 Å². The van der Waals surface area contributed by atoms with E-state index in [4.69, 9.17) is 4.74 Å². The van der Waals surface area contributed by atoms with Gasteiger partial charge < -0.3 is 20.1 Å². The summed E-state index contributed by atoms with van der Waals surface area (Å²) in [6.07, 6.45) is -1.33. The second-order valence-corrected chi connectivity index (χ2v) is 8.58. The molecular formula is C27H24N2O5. The summed E-state index contributed by atoms with van der Waals surface area (Å²) < 4.78 is 5.51. The van der Waals surface area contributed by atoms with Gasteiger partial charge in [0.1, 0.15) is 12.6 Å². The van der Waals surface area contributed by atoms with Crippen LogP contribution in [0.3, 0.4) is 0 Å². The van der Waals surface area contributed by atoms with E-state index in [9.17, 15) is 19.5 Å². The van der Waals surface area contributed by atoms with Crippen molar-refractivity contribution in [3.05, 3.63) is 95.1 Å². The summed E-state index contributed by atoms with van der Waals surface area (Å²) in [6.45, 7) is 0.859. The number of nitrogens with one attached hydrogen (secondary N) is 1. The van der Waals surface area contributed by atoms with Crippen LogP contribution < -0.4 is 5.32 Å². The van der Waals surface area contributed by atoms with E-state index in [0.717, 1.165) is 33.4 Å². The molecule has 2 N–H and O–H groups in total. The van der Waals surface area contributed by atoms with Crippen molar-refractivity contribution < 1.29 is 24.2 Å². The summed E-state index contributed by atoms with van der Waals surface area (Å²) in [6, 6.07) is 22.5. The smallest absolute Gasteiger partial charge is 0.407 e. The molecule has 2 amide bonds. The first kappa shape index (κ1) is 21.7. The second-order valence-electron chi connectivity index (χ2n) is 8.58. The second kappa shape index (κ2) is 9.02. The lowest BCUT2D eigenvalue weighted by molar-refractivity contribution is -0.142. The van der Waals surface area contributed by atoms with Crippen LogP contribution in [-0.2, 0) is 27.4 Å². The van der Waals surface area contributed by atoms with Gasteiger partial charge in [0.15, 0.2) is 0 Å². The highest BCUT2D eigenvalue weighted by molar-refractivity contribution is 5.89. The summed E-state index contributed by atoms with van der Waals surface area (Å²) in [5.41, 5.74) is 6.41. The summed E-state index contributed by atoms with van der Waals surface area (Å²) in [4.78, 5) is 38.7. The summed E-state index contributed by atoms with van der Waals surface area (Å²) >= 11 is 0. The van der Waals surface area contributed by atoms with Crippen molar-refractivity contribution >= 4 is 18.0 Å². The molecule has 3 aromatic rings. The SMILES string of the molecule is O=C(O)CC(NC(=O)OCC1c2ccccc2-c2ccccc21)C(=O)N1Cc2ccccc2C1. The van der Waals surface area contributed by atoms with Crippen molar-refractivity contribution in [3.8, 4) is 11.1 Å². The number of carboxylic acids is 1. The molecule has 7 nitrogen and oxygen atoms in total. The first-order valence-corrected chi connectivity index (χ1v) is 11.2. The number of hydrogen-bond donors (Lipinski definition) is 2. The van der Waals surface area contributed by atoms with E-state index in [-0.39, 0.29) is 12.5 Å². The Balaban J connectivity index is 1.26. The van der Waals surface area contributed by atoms with Crippen molar-refractivity contribution in [1.29, 1.82) is 0 Å². The molecule has 0 saturated heterocycles. The number of hydrogen-bond acceptors (Lipinski definition) is 4. The number of benzene rings is 3. The highest BCUT2D eigenvalue weighted by atomic mass is 16.5. The minimum absolute atomic E-state index is 0.0863. The first-order chi connectivity index (χ1) is 16.5. The van der Waals surface area contributed by atoms with Crippen molar-refractivity contribution in [2.75, 3.05) is 6.61 Å². The fraction of sp³-hybridized carbons (Fsp3) is 0.222. The van der Waals surface area contributed by atoms with Gasteiger partial charge in [0.05, 0.1) is 6.42 Å². The van der Waals surface area contributed by atoms with Gasteiger partial charge in [-0.15, -0.1) is 0 Å². The predicted molar refractivity (Wildman–Crippen MR) is 125 cm³/mol. The number of alkyl carbamates (subject to hydrolysis) is 1. The van der Waals surface area contributed by atoms with Gasteiger partial charge in [0.2, 0.25) is 5.91 Å². The molecule has 7 heteroatoms. The fourth-order valence-electron chi connectivity index (χ4n) is 4.87. The topological polar surface area (TPSA) is 95.9 Å². The molecule has 172 valence electrons. The Labute approximate surface area is 197 Å². The Morgan fingerprint density at radius 3 is 1.97 bits per heavy atom. The van der Waals surface area contributed by atoms with Crippen LogP contribution >= 0.6 is 0 Å². The third-order valence-corrected chi connectivity index (χ3v) is 6.47. The van der Waals surface area contributed by atoms with Gasteiger partial charge in [-0.1, -0.05) is 72.8 Å². The third kappa shape index (κ3) is 4.12. The van der Waals surface area contributed by atoms with Gasteiger partial charge in [-0.25, -0.2) is 4.79 Å². The number of aliphatic carboxylic acids is 1. The number of rotatable bonds is 6. The van der Waals surface area contributed by atoms with Crippen molar-refractivity contribution in [1.82, 2.24) is 10.2 Å². The molecule has 5 rings (SSSR count). The molecule has 0 radical (unpaired) electrons. The van der Waals surface area contributed by atoms with Crippen LogP contribution in [0.1, 0.15) is 34.6 Å². The van der Waals surface area contributed by atoms with Gasteiger partial charge in [0.25, 0.3) is 0 Å². The average molecular weight is 456 g/mol. The molecule has 2 aliphatic rings. The quantitative estimate of drug-likeness (QED) is 0.586. The third-order valence-electron chi connectivity index (χ3n) is 6.47. The Bertz CT molecular complexity index is 1200. The van der Waals surface area contributed by atoms with Crippen LogP contribution in [0.15, 0.2) is 72.8 Å². The van der Waals surface area contributed by atoms with Crippen molar-refractivity contribution in [2.45, 2.75) is 31.5 Å². The predicted octanol–water partition coefficient (Wildman–Crippen LogP) is 3.91. The monoisotopic (exact) mass is 456 g/mol. The molecule has 1 aliphatic carbocycles. The molecule has 0 aromatic heterocycles. The maximum atomic E-state index is 13.1. The van der Waals surface area contributed by atoms with E-state index in [0.29, 0.717) is 13.1 Å². The number of amides is 2. The molecule has 0 spiro atoms. The standard InChI is InChI=1S/C27H24N2O5/c30-25(31)13-24(26(32)29-14-17-7-1-2-8-18(17)15-29)28-27(33)34-16-23-21-11-5-3-9-19(21)20-10-4-6-12-22(20)23/h1-12,23-24H,13-16H2,(H,28,33)(H,30,31). The molecule has 34 heavy (non-hydrogen) atoms. The number of carbonyl (C=O) groups excluding carboxylic acids is 2. The van der Waals surface area contributed by atoms with Gasteiger partial charge in [0, 0.05) is 19.0 Å². The van der Waals surface area contributed by atoms with Crippen LogP contribution in [0, 0.1) is 0 Å². The molecule has 0 fully saturated rings. The van der Waals surface area contributed by atoms with Gasteiger partial charge >= 0.3 is 12.1 Å². The lowest BCUT2D eigenvalue weighted by Gasteiger charge is -2.23. The van der Waals surface area contributed by atoms with E-state index >= 15 is 0 Å². The zero-order valence-corrected chi connectivity index (χ0v) is 18.4. The van der Waals surface area contributed by atoms with Crippen LogP contribution in [0.4, 0.5) is 4.79 Å². The van der Waals surface area contributed by atoms with Gasteiger partial charge in [-0.05, 0) is 33.4 Å². The maximum absolute atomic E-state index is 13.1. The Morgan fingerprint density at radius 2 is 1.41 bits per heavy atom. The van der Waals surface area contributed by atoms with E-state index in [1.54, 1.807) is 4.90 Å². The van der Waals surface area contributed by atoms with E-state index in [2.05, 4.69) is 5.32 Å². The Kier molecular flexibility index (Phi) is 5.76. The summed E-state index contributed by atoms with van der Waals surface area (Å²) in [5, 5.41) is 11.8. The van der Waals surface area contributed by atoms with E-state index in [1.807, 2.05) is 72.8 Å². The average Bonchev–Trinajstić information content (AvgIpc) is 3.41. The zero-order chi connectivity index (χ0) is 23.7. The highest BCUT2D eigenvalue weighted by Gasteiger charge is 2.33. The molecule has 0 bridgehead atoms. The Morgan fingerprint density at radius 1 is 0.882 bits per heavy atom. The highest BCUT2D eigenvalue weighted by Crippen LogP contribution is 2.44. The number of carbonyl (C=O) groups is 3. The minimum Gasteiger partial charge on any atom is -0.481 e. The molecule has 1 unspecified atom stereocenters. The van der Waals surface area contributed by atoms with Crippen LogP contribution in [0.5, 0.6) is 0 Å². The number of carboxylic acid groups (broad SMARTS) is 1. The fourth-order valence-corrected chi connectivity index (χ4v) is 4.87. The Hall–Kier alpha value is -4.13. The minimum atomic E-state index is -1.21. The van der Waals surface area contributed by atoms with E-state index < -0.39 is 30.4 Å². The van der Waals surface area contributed by atoms with Crippen LogP contribution in [-0.4, -0.2) is 40.6 Å². The molecule has 0 saturated carbocycles. The van der Waals surface area contributed by atoms with Gasteiger partial charge in [-0.3, -0.25) is 9.59 Å². The molecule has 1 atom stereocenters. The lowest BCUT2D eigenvalue weighted by atomic mass is 9.98. The molecule has 1 aliphatic heterocycles. The largest absolute Gasteiger partial charge is 0.481 e. The molecular weight excluding hydrogens is 432 g/mol. The first-order valence-electron chi connectivity index (χ1n) is 11.2. The van der Waals surface area contributed by atoms with Crippen LogP contribution in [0.2, 0.25) is 0 Å².